The summed E-state index contributed by atoms with van der Waals surface area (Å²) in [7, 11) is 0. The van der Waals surface area contributed by atoms with E-state index in [1.54, 1.807) is 0 Å². The molecule has 2 rings (SSSR count). The predicted molar refractivity (Wildman–Crippen MR) is 65.5 cm³/mol. The molecule has 7 nitrogen and oxygen atoms in total. The third kappa shape index (κ3) is 2.89. The van der Waals surface area contributed by atoms with Crippen LogP contribution in [0.4, 0.5) is 0 Å². The maximum atomic E-state index is 11.7. The Morgan fingerprint density at radius 2 is 1.90 bits per heavy atom. The first kappa shape index (κ1) is 13.5. The van der Waals surface area contributed by atoms with Crippen molar-refractivity contribution >= 4 is 5.97 Å². The minimum absolute atomic E-state index is 0.0411. The van der Waals surface area contributed by atoms with Crippen molar-refractivity contribution < 1.29 is 29.3 Å². The maximum Gasteiger partial charge on any atom is 0.342 e. The van der Waals surface area contributed by atoms with E-state index in [-0.39, 0.29) is 23.7 Å². The van der Waals surface area contributed by atoms with Crippen molar-refractivity contribution in [1.29, 1.82) is 0 Å². The highest BCUT2D eigenvalue weighted by atomic mass is 16.5. The number of hydrogen-bond donors (Lipinski definition) is 3. The molecule has 0 bridgehead atoms. The van der Waals surface area contributed by atoms with E-state index < -0.39 is 22.9 Å². The van der Waals surface area contributed by atoms with Gasteiger partial charge in [-0.05, 0) is 12.1 Å². The molecule has 0 radical (unpaired) electrons. The Hall–Kier alpha value is -2.96. The molecule has 1 aromatic heterocycles. The average Bonchev–Trinajstić information content (AvgIpc) is 2.40. The molecule has 0 aliphatic rings. The lowest BCUT2D eigenvalue weighted by Gasteiger charge is -2.06. The highest BCUT2D eigenvalue weighted by molar-refractivity contribution is 5.92. The van der Waals surface area contributed by atoms with E-state index in [9.17, 15) is 14.7 Å². The Morgan fingerprint density at radius 3 is 2.55 bits per heavy atom. The summed E-state index contributed by atoms with van der Waals surface area (Å²) in [5.74, 6) is -1.97. The second-order valence-electron chi connectivity index (χ2n) is 3.87. The Morgan fingerprint density at radius 1 is 1.15 bits per heavy atom. The third-order valence-electron chi connectivity index (χ3n) is 2.41. The molecular weight excluding hydrogens is 268 g/mol. The van der Waals surface area contributed by atoms with E-state index in [2.05, 4.69) is 0 Å². The van der Waals surface area contributed by atoms with Crippen LogP contribution in [0.2, 0.25) is 0 Å². The summed E-state index contributed by atoms with van der Waals surface area (Å²) in [5, 5.41) is 27.6. The number of esters is 1. The van der Waals surface area contributed by atoms with E-state index in [0.717, 1.165) is 18.4 Å². The molecule has 0 unspecified atom stereocenters. The van der Waals surface area contributed by atoms with Crippen LogP contribution in [0.1, 0.15) is 16.1 Å². The Labute approximate surface area is 112 Å². The highest BCUT2D eigenvalue weighted by Crippen LogP contribution is 2.23. The molecule has 1 aromatic carbocycles. The summed E-state index contributed by atoms with van der Waals surface area (Å²) < 4.78 is 9.68. The summed E-state index contributed by atoms with van der Waals surface area (Å²) in [6.07, 6.45) is 0.837. The molecule has 7 heteroatoms. The van der Waals surface area contributed by atoms with Gasteiger partial charge in [-0.15, -0.1) is 0 Å². The summed E-state index contributed by atoms with van der Waals surface area (Å²) in [4.78, 5) is 22.8. The minimum Gasteiger partial charge on any atom is -0.508 e. The number of phenols is 2. The van der Waals surface area contributed by atoms with Crippen LogP contribution in [0.5, 0.6) is 17.2 Å². The first-order chi connectivity index (χ1) is 9.47. The van der Waals surface area contributed by atoms with Crippen molar-refractivity contribution in [3.8, 4) is 17.2 Å². The fourth-order valence-corrected chi connectivity index (χ4v) is 1.43. The Balaban J connectivity index is 2.08. The van der Waals surface area contributed by atoms with Gasteiger partial charge in [0.1, 0.15) is 35.7 Å². The lowest BCUT2D eigenvalue weighted by Crippen LogP contribution is -2.07. The molecule has 0 fully saturated rings. The van der Waals surface area contributed by atoms with Crippen molar-refractivity contribution in [3.63, 3.8) is 0 Å². The van der Waals surface area contributed by atoms with Crippen LogP contribution in [-0.2, 0) is 11.3 Å². The smallest absolute Gasteiger partial charge is 0.342 e. The number of aromatic hydroxyl groups is 3. The topological polar surface area (TPSA) is 117 Å². The minimum atomic E-state index is -0.849. The Bertz CT molecular complexity index is 702. The van der Waals surface area contributed by atoms with Crippen LogP contribution >= 0.6 is 0 Å². The molecule has 0 amide bonds. The van der Waals surface area contributed by atoms with Gasteiger partial charge in [-0.1, -0.05) is 0 Å². The molecule has 0 aliphatic carbocycles. The molecule has 0 saturated heterocycles. The van der Waals surface area contributed by atoms with Gasteiger partial charge in [-0.25, -0.2) is 4.79 Å². The maximum absolute atomic E-state index is 11.7. The van der Waals surface area contributed by atoms with E-state index in [1.807, 2.05) is 0 Å². The van der Waals surface area contributed by atoms with E-state index in [0.29, 0.717) is 0 Å². The van der Waals surface area contributed by atoms with Gasteiger partial charge in [-0.3, -0.25) is 4.79 Å². The second kappa shape index (κ2) is 5.35. The zero-order valence-electron chi connectivity index (χ0n) is 10.1. The first-order valence-electron chi connectivity index (χ1n) is 5.47. The van der Waals surface area contributed by atoms with Crippen LogP contribution in [0.3, 0.4) is 0 Å². The molecule has 3 N–H and O–H groups in total. The lowest BCUT2D eigenvalue weighted by atomic mass is 10.2. The molecule has 0 saturated carbocycles. The van der Waals surface area contributed by atoms with Gasteiger partial charge in [0.15, 0.2) is 5.75 Å². The second-order valence-corrected chi connectivity index (χ2v) is 3.87. The quantitative estimate of drug-likeness (QED) is 0.720. The van der Waals surface area contributed by atoms with Crippen molar-refractivity contribution in [2.24, 2.45) is 0 Å². The number of carbonyl (C=O) groups excluding carboxylic acids is 1. The van der Waals surface area contributed by atoms with Gasteiger partial charge >= 0.3 is 5.97 Å². The average molecular weight is 278 g/mol. The number of rotatable bonds is 3. The number of hydrogen-bond acceptors (Lipinski definition) is 7. The van der Waals surface area contributed by atoms with Crippen LogP contribution in [0, 0.1) is 0 Å². The van der Waals surface area contributed by atoms with Gasteiger partial charge in [0.2, 0.25) is 5.43 Å². The highest BCUT2D eigenvalue weighted by Gasteiger charge is 2.14. The molecule has 2 aromatic rings. The lowest BCUT2D eigenvalue weighted by molar-refractivity contribution is 0.0439. The zero-order chi connectivity index (χ0) is 14.7. The third-order valence-corrected chi connectivity index (χ3v) is 2.41. The van der Waals surface area contributed by atoms with Crippen LogP contribution < -0.4 is 5.43 Å². The fraction of sp³-hybridized carbons (Fsp3) is 0.0769. The summed E-state index contributed by atoms with van der Waals surface area (Å²) in [6, 6.07) is 4.40. The van der Waals surface area contributed by atoms with Crippen molar-refractivity contribution in [2.45, 2.75) is 6.61 Å². The fourth-order valence-electron chi connectivity index (χ4n) is 1.43. The Kier molecular flexibility index (Phi) is 3.60. The SMILES string of the molecule is O=C(OCc1cc(=O)c(O)co1)c1ccc(O)cc1O. The van der Waals surface area contributed by atoms with Crippen LogP contribution in [0.25, 0.3) is 0 Å². The summed E-state index contributed by atoms with van der Waals surface area (Å²) in [6.45, 7) is -0.339. The number of benzene rings is 1. The number of phenolic OH excluding ortho intramolecular Hbond substituents is 2. The van der Waals surface area contributed by atoms with Crippen LogP contribution in [0.15, 0.2) is 39.7 Å². The normalized spacial score (nSPS) is 10.2. The van der Waals surface area contributed by atoms with Gasteiger partial charge in [0.05, 0.1) is 0 Å². The molecule has 0 aliphatic heterocycles. The molecule has 0 atom stereocenters. The standard InChI is InChI=1S/C13H10O7/c14-7-1-2-9(10(15)3-7)13(18)20-5-8-4-11(16)12(17)6-19-8/h1-4,6,14-15,17H,5H2. The van der Waals surface area contributed by atoms with Crippen molar-refractivity contribution in [3.05, 3.63) is 52.1 Å². The molecule has 1 heterocycles. The van der Waals surface area contributed by atoms with E-state index in [1.165, 1.54) is 12.1 Å². The van der Waals surface area contributed by atoms with Crippen molar-refractivity contribution in [2.75, 3.05) is 0 Å². The number of carbonyl (C=O) groups is 1. The van der Waals surface area contributed by atoms with E-state index >= 15 is 0 Å². The van der Waals surface area contributed by atoms with Gasteiger partial charge < -0.3 is 24.5 Å². The molecule has 20 heavy (non-hydrogen) atoms. The molecule has 0 spiro atoms. The van der Waals surface area contributed by atoms with Crippen molar-refractivity contribution in [1.82, 2.24) is 0 Å². The largest absolute Gasteiger partial charge is 0.508 e. The van der Waals surface area contributed by atoms with E-state index in [4.69, 9.17) is 19.4 Å². The molecule has 104 valence electrons. The predicted octanol–water partition coefficient (Wildman–Crippen LogP) is 1.11. The zero-order valence-corrected chi connectivity index (χ0v) is 10.1. The first-order valence-corrected chi connectivity index (χ1v) is 5.47. The van der Waals surface area contributed by atoms with Gasteiger partial charge in [-0.2, -0.15) is 0 Å². The summed E-state index contributed by atoms with van der Waals surface area (Å²) >= 11 is 0. The molecular formula is C13H10O7. The van der Waals surface area contributed by atoms with Gasteiger partial charge in [0, 0.05) is 12.1 Å². The number of ether oxygens (including phenoxy) is 1. The van der Waals surface area contributed by atoms with Crippen LogP contribution in [-0.4, -0.2) is 21.3 Å². The van der Waals surface area contributed by atoms with Gasteiger partial charge in [0.25, 0.3) is 0 Å². The summed E-state index contributed by atoms with van der Waals surface area (Å²) in [5.41, 5.74) is -0.793. The monoisotopic (exact) mass is 278 g/mol.